The van der Waals surface area contributed by atoms with E-state index in [1.807, 2.05) is 38.1 Å². The van der Waals surface area contributed by atoms with Gasteiger partial charge in [-0.25, -0.2) is 4.98 Å². The second-order valence-electron chi connectivity index (χ2n) is 5.73. The number of aromatic nitrogens is 2. The number of amides is 1. The molecular weight excluding hydrogens is 306 g/mol. The highest BCUT2D eigenvalue weighted by atomic mass is 16.5. The first-order valence-electron chi connectivity index (χ1n) is 7.68. The SMILES string of the molecule is COc1cccc([C@H](C)NC(=O)c2cc(C)nc3onc(C)c23)c1. The van der Waals surface area contributed by atoms with Gasteiger partial charge in [-0.1, -0.05) is 17.3 Å². The fourth-order valence-corrected chi connectivity index (χ4v) is 2.67. The zero-order valence-corrected chi connectivity index (χ0v) is 14.1. The molecule has 3 rings (SSSR count). The van der Waals surface area contributed by atoms with Gasteiger partial charge in [-0.3, -0.25) is 4.79 Å². The van der Waals surface area contributed by atoms with Gasteiger partial charge in [0.2, 0.25) is 0 Å². The van der Waals surface area contributed by atoms with Gasteiger partial charge in [-0.15, -0.1) is 0 Å². The molecule has 0 saturated heterocycles. The van der Waals surface area contributed by atoms with Crippen molar-refractivity contribution in [2.24, 2.45) is 0 Å². The molecular formula is C18H19N3O3. The lowest BCUT2D eigenvalue weighted by Crippen LogP contribution is -2.27. The average molecular weight is 325 g/mol. The molecule has 6 nitrogen and oxygen atoms in total. The lowest BCUT2D eigenvalue weighted by Gasteiger charge is -2.15. The first kappa shape index (κ1) is 16.0. The highest BCUT2D eigenvalue weighted by Gasteiger charge is 2.19. The molecule has 0 aliphatic heterocycles. The summed E-state index contributed by atoms with van der Waals surface area (Å²) in [6.07, 6.45) is 0. The van der Waals surface area contributed by atoms with E-state index in [0.717, 1.165) is 11.3 Å². The molecule has 0 saturated carbocycles. The standard InChI is InChI=1S/C18H19N3O3/c1-10-8-15(16-12(3)21-24-18(16)19-10)17(22)20-11(2)13-6-5-7-14(9-13)23-4/h5-9,11H,1-4H3,(H,20,22)/t11-/m0/s1. The molecule has 3 aromatic rings. The number of hydrogen-bond acceptors (Lipinski definition) is 5. The van der Waals surface area contributed by atoms with Crippen LogP contribution in [0, 0.1) is 13.8 Å². The van der Waals surface area contributed by atoms with Gasteiger partial charge in [0.15, 0.2) is 0 Å². The topological polar surface area (TPSA) is 77.2 Å². The number of rotatable bonds is 4. The quantitative estimate of drug-likeness (QED) is 0.796. The minimum absolute atomic E-state index is 0.170. The third-order valence-electron chi connectivity index (χ3n) is 3.93. The summed E-state index contributed by atoms with van der Waals surface area (Å²) in [4.78, 5) is 17.0. The van der Waals surface area contributed by atoms with Gasteiger partial charge in [0.1, 0.15) is 5.75 Å². The molecule has 2 aromatic heterocycles. The normalized spacial score (nSPS) is 12.2. The molecule has 2 heterocycles. The van der Waals surface area contributed by atoms with Crippen LogP contribution >= 0.6 is 0 Å². The molecule has 1 atom stereocenters. The zero-order chi connectivity index (χ0) is 17.3. The Labute approximate surface area is 139 Å². The van der Waals surface area contributed by atoms with Gasteiger partial charge in [-0.05, 0) is 44.5 Å². The van der Waals surface area contributed by atoms with Crippen molar-refractivity contribution in [2.45, 2.75) is 26.8 Å². The summed E-state index contributed by atoms with van der Waals surface area (Å²) >= 11 is 0. The van der Waals surface area contributed by atoms with Crippen LogP contribution in [0.25, 0.3) is 11.1 Å². The summed E-state index contributed by atoms with van der Waals surface area (Å²) in [5.74, 6) is 0.567. The Morgan fingerprint density at radius 3 is 2.83 bits per heavy atom. The smallest absolute Gasteiger partial charge is 0.258 e. The van der Waals surface area contributed by atoms with E-state index in [2.05, 4.69) is 15.5 Å². The van der Waals surface area contributed by atoms with Crippen LogP contribution in [-0.2, 0) is 0 Å². The van der Waals surface area contributed by atoms with Crippen LogP contribution in [0.5, 0.6) is 5.75 Å². The Morgan fingerprint density at radius 2 is 2.08 bits per heavy atom. The van der Waals surface area contributed by atoms with Gasteiger partial charge in [-0.2, -0.15) is 0 Å². The first-order chi connectivity index (χ1) is 11.5. The lowest BCUT2D eigenvalue weighted by atomic mass is 10.1. The van der Waals surface area contributed by atoms with Gasteiger partial charge in [0.05, 0.1) is 29.8 Å². The van der Waals surface area contributed by atoms with Crippen LogP contribution in [0.4, 0.5) is 0 Å². The van der Waals surface area contributed by atoms with Gasteiger partial charge in [0, 0.05) is 5.69 Å². The highest BCUT2D eigenvalue weighted by molar-refractivity contribution is 6.06. The van der Waals surface area contributed by atoms with Crippen LogP contribution in [0.1, 0.15) is 40.3 Å². The maximum Gasteiger partial charge on any atom is 0.258 e. The van der Waals surface area contributed by atoms with Crippen molar-refractivity contribution in [3.8, 4) is 5.75 Å². The van der Waals surface area contributed by atoms with Crippen LogP contribution in [0.2, 0.25) is 0 Å². The summed E-state index contributed by atoms with van der Waals surface area (Å²) in [6.45, 7) is 5.54. The van der Waals surface area contributed by atoms with Crippen molar-refractivity contribution < 1.29 is 14.1 Å². The van der Waals surface area contributed by atoms with Crippen molar-refractivity contribution >= 4 is 17.0 Å². The molecule has 1 N–H and O–H groups in total. The van der Waals surface area contributed by atoms with Gasteiger partial charge in [0.25, 0.3) is 11.6 Å². The average Bonchev–Trinajstić information content (AvgIpc) is 2.94. The largest absolute Gasteiger partial charge is 0.497 e. The molecule has 0 radical (unpaired) electrons. The van der Waals surface area contributed by atoms with Crippen molar-refractivity contribution in [2.75, 3.05) is 7.11 Å². The number of hydrogen-bond donors (Lipinski definition) is 1. The summed E-state index contributed by atoms with van der Waals surface area (Å²) in [5.41, 5.74) is 3.22. The molecule has 1 aromatic carbocycles. The van der Waals surface area contributed by atoms with E-state index < -0.39 is 0 Å². The number of pyridine rings is 1. The Kier molecular flexibility index (Phi) is 4.20. The summed E-state index contributed by atoms with van der Waals surface area (Å²) in [6, 6.07) is 9.20. The molecule has 6 heteroatoms. The number of nitrogens with zero attached hydrogens (tertiary/aromatic N) is 2. The van der Waals surface area contributed by atoms with Crippen molar-refractivity contribution in [1.82, 2.24) is 15.5 Å². The predicted octanol–water partition coefficient (Wildman–Crippen LogP) is 3.34. The number of fused-ring (bicyclic) bond motifs is 1. The Morgan fingerprint density at radius 1 is 1.29 bits per heavy atom. The summed E-state index contributed by atoms with van der Waals surface area (Å²) < 4.78 is 10.4. The molecule has 1 amide bonds. The van der Waals surface area contributed by atoms with Crippen molar-refractivity contribution in [3.05, 3.63) is 52.8 Å². The first-order valence-corrected chi connectivity index (χ1v) is 7.68. The van der Waals surface area contributed by atoms with E-state index in [1.165, 1.54) is 0 Å². The second kappa shape index (κ2) is 6.31. The Hall–Kier alpha value is -2.89. The van der Waals surface area contributed by atoms with E-state index in [0.29, 0.717) is 28.1 Å². The third-order valence-corrected chi connectivity index (χ3v) is 3.93. The number of benzene rings is 1. The van der Waals surface area contributed by atoms with Crippen LogP contribution < -0.4 is 10.1 Å². The molecule has 24 heavy (non-hydrogen) atoms. The van der Waals surface area contributed by atoms with Crippen molar-refractivity contribution in [1.29, 1.82) is 0 Å². The van der Waals surface area contributed by atoms with E-state index in [9.17, 15) is 4.79 Å². The van der Waals surface area contributed by atoms with E-state index >= 15 is 0 Å². The van der Waals surface area contributed by atoms with Crippen LogP contribution in [0.15, 0.2) is 34.9 Å². The van der Waals surface area contributed by atoms with Gasteiger partial charge < -0.3 is 14.6 Å². The third kappa shape index (κ3) is 2.95. The maximum atomic E-state index is 12.8. The zero-order valence-electron chi connectivity index (χ0n) is 14.1. The minimum atomic E-state index is -0.188. The van der Waals surface area contributed by atoms with E-state index in [-0.39, 0.29) is 11.9 Å². The number of methoxy groups -OCH3 is 1. The van der Waals surface area contributed by atoms with Crippen molar-refractivity contribution in [3.63, 3.8) is 0 Å². The number of nitrogens with one attached hydrogen (secondary N) is 1. The van der Waals surface area contributed by atoms with E-state index in [4.69, 9.17) is 9.26 Å². The molecule has 0 aliphatic rings. The monoisotopic (exact) mass is 325 g/mol. The number of aryl methyl sites for hydroxylation is 2. The van der Waals surface area contributed by atoms with Crippen LogP contribution in [0.3, 0.4) is 0 Å². The maximum absolute atomic E-state index is 12.8. The summed E-state index contributed by atoms with van der Waals surface area (Å²) in [5, 5.41) is 7.56. The Bertz CT molecular complexity index is 902. The number of carbonyl (C=O) groups excluding carboxylic acids is 1. The van der Waals surface area contributed by atoms with E-state index in [1.54, 1.807) is 20.1 Å². The number of carbonyl (C=O) groups is 1. The minimum Gasteiger partial charge on any atom is -0.497 e. The van der Waals surface area contributed by atoms with Crippen LogP contribution in [-0.4, -0.2) is 23.2 Å². The predicted molar refractivity (Wildman–Crippen MR) is 90.2 cm³/mol. The lowest BCUT2D eigenvalue weighted by molar-refractivity contribution is 0.0941. The molecule has 0 unspecified atom stereocenters. The highest BCUT2D eigenvalue weighted by Crippen LogP contribution is 2.23. The second-order valence-corrected chi connectivity index (χ2v) is 5.73. The fourth-order valence-electron chi connectivity index (χ4n) is 2.67. The molecule has 0 aliphatic carbocycles. The van der Waals surface area contributed by atoms with Gasteiger partial charge >= 0.3 is 0 Å². The Balaban J connectivity index is 1.91. The molecule has 0 spiro atoms. The molecule has 0 bridgehead atoms. The number of ether oxygens (including phenoxy) is 1. The fraction of sp³-hybridized carbons (Fsp3) is 0.278. The summed E-state index contributed by atoms with van der Waals surface area (Å²) in [7, 11) is 1.62. The molecule has 124 valence electrons. The molecule has 0 fully saturated rings.